The number of hydrogen-bond acceptors (Lipinski definition) is 10. The van der Waals surface area contributed by atoms with Crippen LogP contribution >= 0.6 is 23.2 Å². The molecule has 1 unspecified atom stereocenters. The van der Waals surface area contributed by atoms with Crippen LogP contribution in [0.15, 0.2) is 30.3 Å². The molecule has 0 spiro atoms. The van der Waals surface area contributed by atoms with Crippen molar-refractivity contribution < 1.29 is 47.4 Å². The van der Waals surface area contributed by atoms with Crippen LogP contribution in [0.2, 0.25) is 10.0 Å². The highest BCUT2D eigenvalue weighted by molar-refractivity contribution is 6.48. The third kappa shape index (κ3) is 9.86. The van der Waals surface area contributed by atoms with Crippen molar-refractivity contribution in [1.82, 2.24) is 10.6 Å². The first-order valence-electron chi connectivity index (χ1n) is 19.4. The van der Waals surface area contributed by atoms with E-state index < -0.39 is 65.4 Å². The fraction of sp³-hybridized carbons (Fsp3) is 0.619. The van der Waals surface area contributed by atoms with E-state index in [1.165, 1.54) is 19.2 Å². The molecule has 1 saturated heterocycles. The average molecular weight is 832 g/mol. The molecule has 57 heavy (non-hydrogen) atoms. The predicted octanol–water partition coefficient (Wildman–Crippen LogP) is 8.47. The maximum Gasteiger partial charge on any atom is 0.482 e. The van der Waals surface area contributed by atoms with Gasteiger partial charge in [0.25, 0.3) is 0 Å². The van der Waals surface area contributed by atoms with E-state index in [0.29, 0.717) is 11.5 Å². The maximum atomic E-state index is 14.8. The molecule has 1 aliphatic heterocycles. The molecule has 12 nitrogen and oxygen atoms in total. The molecular weight excluding hydrogens is 774 g/mol. The van der Waals surface area contributed by atoms with Gasteiger partial charge in [0, 0.05) is 15.6 Å². The number of methoxy groups -OCH3 is 1. The number of para-hydroxylation sites is 1. The quantitative estimate of drug-likeness (QED) is 0.136. The second kappa shape index (κ2) is 15.9. The second-order valence-corrected chi connectivity index (χ2v) is 19.9. The normalized spacial score (nSPS) is 23.6. The summed E-state index contributed by atoms with van der Waals surface area (Å²) in [6.07, 6.45) is 0.745. The van der Waals surface area contributed by atoms with Crippen molar-refractivity contribution in [2.75, 3.05) is 7.11 Å². The minimum Gasteiger partial charge on any atom is -0.496 e. The maximum absolute atomic E-state index is 14.8. The molecule has 6 atom stereocenters. The van der Waals surface area contributed by atoms with Gasteiger partial charge in [-0.25, -0.2) is 14.4 Å². The summed E-state index contributed by atoms with van der Waals surface area (Å²) in [5.41, 5.74) is -2.20. The molecule has 4 fully saturated rings. The summed E-state index contributed by atoms with van der Waals surface area (Å²) in [6, 6.07) is 6.26. The van der Waals surface area contributed by atoms with E-state index in [-0.39, 0.29) is 56.3 Å². The van der Waals surface area contributed by atoms with E-state index in [9.17, 15) is 19.2 Å². The number of esters is 2. The Morgan fingerprint density at radius 1 is 0.860 bits per heavy atom. The van der Waals surface area contributed by atoms with E-state index in [1.807, 2.05) is 0 Å². The van der Waals surface area contributed by atoms with Crippen LogP contribution in [-0.4, -0.2) is 72.6 Å². The third-order valence-corrected chi connectivity index (χ3v) is 11.5. The van der Waals surface area contributed by atoms with Crippen LogP contribution in [0.1, 0.15) is 134 Å². The summed E-state index contributed by atoms with van der Waals surface area (Å²) in [5.74, 6) is -1.91. The molecule has 15 heteroatoms. The SMILES string of the molecule is COc1c(C[C@H](NC(=O)C(NC(=O)OC(C)(C)C)c2c(Cl)cc(C(=O)OC(C)(C)C)cc2Cl)B2O[C@@H]3C[C@@H]4C[C@@H](C4(C)C)[C@]3(C)O2)cccc1C(=O)OC(C)(C)C. The molecule has 312 valence electrons. The van der Waals surface area contributed by atoms with Crippen molar-refractivity contribution in [2.45, 2.75) is 143 Å². The number of hydrogen-bond donors (Lipinski definition) is 2. The van der Waals surface area contributed by atoms with E-state index in [1.54, 1.807) is 80.5 Å². The van der Waals surface area contributed by atoms with Crippen molar-refractivity contribution in [2.24, 2.45) is 17.3 Å². The summed E-state index contributed by atoms with van der Waals surface area (Å²) in [4.78, 5) is 54.4. The molecule has 2 amide bonds. The highest BCUT2D eigenvalue weighted by Crippen LogP contribution is 2.65. The highest BCUT2D eigenvalue weighted by atomic mass is 35.5. The van der Waals surface area contributed by atoms with Crippen LogP contribution < -0.4 is 15.4 Å². The van der Waals surface area contributed by atoms with Crippen molar-refractivity contribution in [3.63, 3.8) is 0 Å². The van der Waals surface area contributed by atoms with Gasteiger partial charge in [0.05, 0.1) is 30.3 Å². The van der Waals surface area contributed by atoms with Gasteiger partial charge in [-0.15, -0.1) is 0 Å². The standard InChI is InChI=1S/C42H57BCl2N2O10/c1-38(2,3)53-35(49)23-17-26(44)31(27(45)18-23)32(47-37(51)55-40(7,8)9)34(48)46-30(43-56-29-21-24-20-28(41(24,10)11)42(29,12)57-43)19-22-15-14-16-25(33(22)52-13)36(50)54-39(4,5)6/h14-18,24,28-30,32H,19-21H2,1-13H3,(H,46,48)(H,47,51)/t24-,28-,29+,30-,32?,42-/m0/s1. The molecule has 1 heterocycles. The van der Waals surface area contributed by atoms with Crippen molar-refractivity contribution >= 4 is 54.3 Å². The zero-order valence-electron chi connectivity index (χ0n) is 35.3. The number of rotatable bonds is 10. The Labute approximate surface area is 346 Å². The number of amides is 2. The fourth-order valence-corrected chi connectivity index (χ4v) is 8.98. The summed E-state index contributed by atoms with van der Waals surface area (Å²) in [7, 11) is 0.510. The lowest BCUT2D eigenvalue weighted by atomic mass is 9.43. The molecular formula is C42H57BCl2N2O10. The van der Waals surface area contributed by atoms with Crippen LogP contribution in [0.4, 0.5) is 4.79 Å². The van der Waals surface area contributed by atoms with E-state index in [4.69, 9.17) is 51.5 Å². The number of ether oxygens (including phenoxy) is 4. The van der Waals surface area contributed by atoms with E-state index in [2.05, 4.69) is 31.4 Å². The Morgan fingerprint density at radius 2 is 1.44 bits per heavy atom. The van der Waals surface area contributed by atoms with Crippen molar-refractivity contribution in [3.8, 4) is 5.75 Å². The molecule has 2 aromatic rings. The van der Waals surface area contributed by atoms with Crippen LogP contribution in [0, 0.1) is 17.3 Å². The van der Waals surface area contributed by atoms with E-state index in [0.717, 1.165) is 12.8 Å². The molecule has 2 bridgehead atoms. The van der Waals surface area contributed by atoms with Gasteiger partial charge in [0.2, 0.25) is 5.91 Å². The van der Waals surface area contributed by atoms with Gasteiger partial charge in [0.1, 0.15) is 34.2 Å². The lowest BCUT2D eigenvalue weighted by Crippen LogP contribution is -2.65. The molecule has 2 aromatic carbocycles. The molecule has 0 radical (unpaired) electrons. The Balaban J connectivity index is 1.55. The number of benzene rings is 2. The van der Waals surface area contributed by atoms with Gasteiger partial charge in [-0.3, -0.25) is 4.79 Å². The second-order valence-electron chi connectivity index (χ2n) is 19.1. The Bertz CT molecular complexity index is 1880. The van der Waals surface area contributed by atoms with Gasteiger partial charge >= 0.3 is 25.2 Å². The number of alkyl carbamates (subject to hydrolysis) is 1. The largest absolute Gasteiger partial charge is 0.496 e. The fourth-order valence-electron chi connectivity index (χ4n) is 8.28. The number of nitrogens with one attached hydrogen (secondary N) is 2. The molecule has 2 N–H and O–H groups in total. The average Bonchev–Trinajstić information content (AvgIpc) is 3.41. The van der Waals surface area contributed by atoms with Gasteiger partial charge in [-0.05, 0) is 130 Å². The predicted molar refractivity (Wildman–Crippen MR) is 218 cm³/mol. The topological polar surface area (TPSA) is 148 Å². The minimum absolute atomic E-state index is 0.0220. The van der Waals surface area contributed by atoms with Gasteiger partial charge in [-0.1, -0.05) is 49.2 Å². The zero-order chi connectivity index (χ0) is 42.6. The van der Waals surface area contributed by atoms with Crippen LogP contribution in [0.5, 0.6) is 5.75 Å². The smallest absolute Gasteiger partial charge is 0.482 e. The van der Waals surface area contributed by atoms with Gasteiger partial charge in [0.15, 0.2) is 0 Å². The van der Waals surface area contributed by atoms with Gasteiger partial charge in [-0.2, -0.15) is 0 Å². The molecule has 3 aliphatic carbocycles. The summed E-state index contributed by atoms with van der Waals surface area (Å²) < 4.78 is 36.1. The summed E-state index contributed by atoms with van der Waals surface area (Å²) >= 11 is 13.6. The lowest BCUT2D eigenvalue weighted by Gasteiger charge is -2.64. The zero-order valence-corrected chi connectivity index (χ0v) is 36.8. The summed E-state index contributed by atoms with van der Waals surface area (Å²) in [6.45, 7) is 22.1. The first-order chi connectivity index (χ1) is 26.1. The Morgan fingerprint density at radius 3 is 1.98 bits per heavy atom. The van der Waals surface area contributed by atoms with Crippen LogP contribution in [-0.2, 0) is 34.7 Å². The van der Waals surface area contributed by atoms with Crippen LogP contribution in [0.3, 0.4) is 0 Å². The Kier molecular flexibility index (Phi) is 12.5. The first-order valence-corrected chi connectivity index (χ1v) is 20.1. The number of carbonyl (C=O) groups is 4. The van der Waals surface area contributed by atoms with Crippen molar-refractivity contribution in [1.29, 1.82) is 0 Å². The van der Waals surface area contributed by atoms with E-state index >= 15 is 0 Å². The van der Waals surface area contributed by atoms with Crippen molar-refractivity contribution in [3.05, 3.63) is 62.6 Å². The molecule has 6 rings (SSSR count). The third-order valence-electron chi connectivity index (χ3n) is 10.9. The number of carbonyl (C=O) groups excluding carboxylic acids is 4. The monoisotopic (exact) mass is 830 g/mol. The lowest BCUT2D eigenvalue weighted by molar-refractivity contribution is -0.199. The van der Waals surface area contributed by atoms with Crippen LogP contribution in [0.25, 0.3) is 0 Å². The summed E-state index contributed by atoms with van der Waals surface area (Å²) in [5, 5.41) is 5.57. The minimum atomic E-state index is -1.52. The molecule has 3 saturated carbocycles. The Hall–Kier alpha value is -3.52. The first kappa shape index (κ1) is 44.6. The molecule has 4 aliphatic rings. The number of halogens is 2. The molecule has 0 aromatic heterocycles. The van der Waals surface area contributed by atoms with Gasteiger partial charge < -0.3 is 38.9 Å². The highest BCUT2D eigenvalue weighted by Gasteiger charge is 2.68.